The summed E-state index contributed by atoms with van der Waals surface area (Å²) in [5.41, 5.74) is 1.44. The van der Waals surface area contributed by atoms with E-state index in [0.29, 0.717) is 0 Å². The van der Waals surface area contributed by atoms with Crippen molar-refractivity contribution in [1.29, 1.82) is 0 Å². The molecule has 0 aromatic carbocycles. The van der Waals surface area contributed by atoms with E-state index in [1.165, 1.54) is 31.4 Å². The fourth-order valence-corrected chi connectivity index (χ4v) is 1.30. The summed E-state index contributed by atoms with van der Waals surface area (Å²) in [5, 5.41) is 3.40. The molecule has 0 aliphatic carbocycles. The topological polar surface area (TPSA) is 12.0 Å². The highest BCUT2D eigenvalue weighted by Gasteiger charge is 1.93. The molecule has 0 amide bonds. The average Bonchev–Trinajstić information content (AvgIpc) is 2.06. The van der Waals surface area contributed by atoms with Crippen molar-refractivity contribution < 1.29 is 0 Å². The molecule has 0 heterocycles. The maximum atomic E-state index is 3.40. The van der Waals surface area contributed by atoms with Crippen LogP contribution in [0.3, 0.4) is 0 Å². The lowest BCUT2D eigenvalue weighted by Gasteiger charge is -2.08. The van der Waals surface area contributed by atoms with E-state index >= 15 is 0 Å². The molecule has 12 heavy (non-hydrogen) atoms. The smallest absolute Gasteiger partial charge is 0.0115 e. The van der Waals surface area contributed by atoms with Gasteiger partial charge in [-0.05, 0) is 26.2 Å². The normalized spacial score (nSPS) is 11.8. The van der Waals surface area contributed by atoms with Crippen molar-refractivity contribution in [2.24, 2.45) is 0 Å². The molecule has 0 aliphatic rings. The number of allylic oxidation sites excluding steroid dienone is 2. The van der Waals surface area contributed by atoms with Crippen LogP contribution in [0.15, 0.2) is 11.8 Å². The van der Waals surface area contributed by atoms with E-state index in [4.69, 9.17) is 0 Å². The summed E-state index contributed by atoms with van der Waals surface area (Å²) in [6, 6.07) is 0. The van der Waals surface area contributed by atoms with Gasteiger partial charge in [-0.2, -0.15) is 0 Å². The maximum Gasteiger partial charge on any atom is 0.0115 e. The second kappa shape index (κ2) is 8.63. The Hall–Kier alpha value is -0.460. The SMILES string of the molecule is CC/C=C(/CCCCC)NCC. The summed E-state index contributed by atoms with van der Waals surface area (Å²) in [6.45, 7) is 7.65. The van der Waals surface area contributed by atoms with Crippen LogP contribution in [-0.2, 0) is 0 Å². The lowest BCUT2D eigenvalue weighted by molar-refractivity contribution is 0.672. The Morgan fingerprint density at radius 1 is 1.17 bits per heavy atom. The lowest BCUT2D eigenvalue weighted by Crippen LogP contribution is -2.11. The lowest BCUT2D eigenvalue weighted by atomic mass is 10.1. The molecule has 0 bridgehead atoms. The van der Waals surface area contributed by atoms with Gasteiger partial charge in [0.2, 0.25) is 0 Å². The van der Waals surface area contributed by atoms with Gasteiger partial charge in [-0.15, -0.1) is 0 Å². The molecular formula is C11H23N. The molecule has 0 aromatic rings. The highest BCUT2D eigenvalue weighted by atomic mass is 14.9. The molecular weight excluding hydrogens is 146 g/mol. The van der Waals surface area contributed by atoms with E-state index in [2.05, 4.69) is 32.2 Å². The third-order valence-corrected chi connectivity index (χ3v) is 1.90. The molecule has 0 fully saturated rings. The number of hydrogen-bond donors (Lipinski definition) is 1. The Bertz CT molecular complexity index is 116. The molecule has 0 aliphatic heterocycles. The highest BCUT2D eigenvalue weighted by Crippen LogP contribution is 2.06. The maximum absolute atomic E-state index is 3.40. The monoisotopic (exact) mass is 169 g/mol. The summed E-state index contributed by atoms with van der Waals surface area (Å²) in [6.07, 6.45) is 8.68. The van der Waals surface area contributed by atoms with Crippen molar-refractivity contribution in [2.45, 2.75) is 52.9 Å². The Kier molecular flexibility index (Phi) is 8.30. The van der Waals surface area contributed by atoms with Crippen molar-refractivity contribution in [3.63, 3.8) is 0 Å². The van der Waals surface area contributed by atoms with E-state index in [1.807, 2.05) is 0 Å². The summed E-state index contributed by atoms with van der Waals surface area (Å²) in [7, 11) is 0. The molecule has 0 radical (unpaired) electrons. The van der Waals surface area contributed by atoms with Crippen LogP contribution in [0.2, 0.25) is 0 Å². The first-order valence-electron chi connectivity index (χ1n) is 5.28. The zero-order valence-electron chi connectivity index (χ0n) is 8.82. The predicted octanol–water partition coefficient (Wildman–Crippen LogP) is 3.47. The Morgan fingerprint density at radius 3 is 2.42 bits per heavy atom. The average molecular weight is 169 g/mol. The molecule has 0 saturated heterocycles. The van der Waals surface area contributed by atoms with Gasteiger partial charge in [-0.25, -0.2) is 0 Å². The van der Waals surface area contributed by atoms with Crippen LogP contribution in [-0.4, -0.2) is 6.54 Å². The van der Waals surface area contributed by atoms with Gasteiger partial charge in [0.25, 0.3) is 0 Å². The van der Waals surface area contributed by atoms with Crippen molar-refractivity contribution in [3.05, 3.63) is 11.8 Å². The Labute approximate surface area is 77.2 Å². The second-order valence-corrected chi connectivity index (χ2v) is 3.13. The molecule has 0 spiro atoms. The van der Waals surface area contributed by atoms with Crippen LogP contribution < -0.4 is 5.32 Å². The van der Waals surface area contributed by atoms with Gasteiger partial charge in [0.05, 0.1) is 0 Å². The fraction of sp³-hybridized carbons (Fsp3) is 0.818. The molecule has 1 heteroatoms. The quantitative estimate of drug-likeness (QED) is 0.575. The van der Waals surface area contributed by atoms with Crippen molar-refractivity contribution in [2.75, 3.05) is 6.54 Å². The van der Waals surface area contributed by atoms with Gasteiger partial charge in [-0.1, -0.05) is 32.8 Å². The molecule has 0 unspecified atom stereocenters. The number of hydrogen-bond acceptors (Lipinski definition) is 1. The van der Waals surface area contributed by atoms with Gasteiger partial charge in [-0.3, -0.25) is 0 Å². The molecule has 1 N–H and O–H groups in total. The van der Waals surface area contributed by atoms with Crippen LogP contribution in [0.1, 0.15) is 52.9 Å². The minimum absolute atomic E-state index is 1.05. The third kappa shape index (κ3) is 6.26. The van der Waals surface area contributed by atoms with Crippen molar-refractivity contribution >= 4 is 0 Å². The summed E-state index contributed by atoms with van der Waals surface area (Å²) >= 11 is 0. The molecule has 0 aromatic heterocycles. The summed E-state index contributed by atoms with van der Waals surface area (Å²) in [4.78, 5) is 0. The second-order valence-electron chi connectivity index (χ2n) is 3.13. The zero-order valence-corrected chi connectivity index (χ0v) is 8.82. The molecule has 0 saturated carbocycles. The van der Waals surface area contributed by atoms with Crippen molar-refractivity contribution in [3.8, 4) is 0 Å². The largest absolute Gasteiger partial charge is 0.389 e. The van der Waals surface area contributed by atoms with Gasteiger partial charge in [0.15, 0.2) is 0 Å². The highest BCUT2D eigenvalue weighted by molar-refractivity contribution is 4.98. The standard InChI is InChI=1S/C11H23N/c1-4-7-8-10-11(9-5-2)12-6-3/h9,12H,4-8,10H2,1-3H3/b11-9-. The van der Waals surface area contributed by atoms with Gasteiger partial charge >= 0.3 is 0 Å². The van der Waals surface area contributed by atoms with Crippen molar-refractivity contribution in [1.82, 2.24) is 5.32 Å². The number of nitrogens with one attached hydrogen (secondary N) is 1. The Morgan fingerprint density at radius 2 is 1.92 bits per heavy atom. The molecule has 72 valence electrons. The molecule has 1 nitrogen and oxygen atoms in total. The van der Waals surface area contributed by atoms with E-state index < -0.39 is 0 Å². The zero-order chi connectivity index (χ0) is 9.23. The predicted molar refractivity (Wildman–Crippen MR) is 56.2 cm³/mol. The minimum atomic E-state index is 1.05. The number of unbranched alkanes of at least 4 members (excludes halogenated alkanes) is 2. The van der Waals surface area contributed by atoms with Crippen LogP contribution in [0.25, 0.3) is 0 Å². The van der Waals surface area contributed by atoms with Gasteiger partial charge in [0.1, 0.15) is 0 Å². The van der Waals surface area contributed by atoms with E-state index in [-0.39, 0.29) is 0 Å². The third-order valence-electron chi connectivity index (χ3n) is 1.90. The van der Waals surface area contributed by atoms with Crippen LogP contribution >= 0.6 is 0 Å². The first-order valence-corrected chi connectivity index (χ1v) is 5.28. The van der Waals surface area contributed by atoms with Crippen LogP contribution in [0.4, 0.5) is 0 Å². The molecule has 0 rings (SSSR count). The summed E-state index contributed by atoms with van der Waals surface area (Å²) < 4.78 is 0. The Balaban J connectivity index is 3.56. The van der Waals surface area contributed by atoms with Gasteiger partial charge in [0, 0.05) is 12.2 Å². The fourth-order valence-electron chi connectivity index (χ4n) is 1.30. The molecule has 0 atom stereocenters. The minimum Gasteiger partial charge on any atom is -0.389 e. The van der Waals surface area contributed by atoms with Crippen LogP contribution in [0.5, 0.6) is 0 Å². The van der Waals surface area contributed by atoms with Crippen LogP contribution in [0, 0.1) is 0 Å². The first-order chi connectivity index (χ1) is 5.85. The summed E-state index contributed by atoms with van der Waals surface area (Å²) in [5.74, 6) is 0. The number of rotatable bonds is 7. The van der Waals surface area contributed by atoms with E-state index in [0.717, 1.165) is 13.0 Å². The van der Waals surface area contributed by atoms with E-state index in [9.17, 15) is 0 Å². The van der Waals surface area contributed by atoms with Gasteiger partial charge < -0.3 is 5.32 Å². The first kappa shape index (κ1) is 11.5. The van der Waals surface area contributed by atoms with E-state index in [1.54, 1.807) is 0 Å².